The first-order chi connectivity index (χ1) is 24.4. The molecule has 0 aliphatic carbocycles. The molecule has 0 amide bonds. The Morgan fingerprint density at radius 1 is 0.509 bits per heavy atom. The molecule has 2 rings (SSSR count). The molecule has 0 N–H and O–H groups in total. The molecule has 5 atom stereocenters. The van der Waals surface area contributed by atoms with Crippen LogP contribution in [-0.4, -0.2) is 148 Å². The van der Waals surface area contributed by atoms with Gasteiger partial charge in [0.25, 0.3) is 12.3 Å². The minimum atomic E-state index is -5.99. The maximum Gasteiger partial charge on any atom is 0.425 e. The summed E-state index contributed by atoms with van der Waals surface area (Å²) in [7, 11) is 0. The first kappa shape index (κ1) is 53.1. The van der Waals surface area contributed by atoms with E-state index < -0.39 is 126 Å². The third-order valence-electron chi connectivity index (χ3n) is 6.69. The number of hydrogen-bond donors (Lipinski definition) is 0. The van der Waals surface area contributed by atoms with Crippen molar-refractivity contribution in [2.24, 2.45) is 0 Å². The minimum Gasteiger partial charge on any atom is -0.369 e. The molecular formula is C26H32F24N2O3. The van der Waals surface area contributed by atoms with Crippen LogP contribution >= 0.6 is 0 Å². The zero-order valence-electron chi connectivity index (χ0n) is 27.6. The van der Waals surface area contributed by atoms with Gasteiger partial charge in [0.15, 0.2) is 6.10 Å². The molecule has 0 aromatic heterocycles. The van der Waals surface area contributed by atoms with E-state index >= 15 is 0 Å². The number of piperidine rings is 1. The van der Waals surface area contributed by atoms with E-state index in [2.05, 4.69) is 14.2 Å². The molecule has 0 radical (unpaired) electrons. The van der Waals surface area contributed by atoms with Crippen LogP contribution in [0.3, 0.4) is 0 Å². The van der Waals surface area contributed by atoms with Gasteiger partial charge in [-0.2, -0.15) is 70.2 Å². The number of morpholine rings is 1. The number of likely N-dealkylation sites (tertiary alicyclic amines) is 1. The Bertz CT molecular complexity index is 1090. The third-order valence-corrected chi connectivity index (χ3v) is 6.69. The van der Waals surface area contributed by atoms with E-state index in [0.29, 0.717) is 12.8 Å². The summed E-state index contributed by atoms with van der Waals surface area (Å²) in [6.45, 7) is -11.2. The summed E-state index contributed by atoms with van der Waals surface area (Å²) in [5.74, 6) is -19.1. The van der Waals surface area contributed by atoms with Gasteiger partial charge in [0, 0.05) is 33.1 Å². The maximum atomic E-state index is 13.8. The van der Waals surface area contributed by atoms with Gasteiger partial charge in [-0.3, -0.25) is 9.80 Å². The van der Waals surface area contributed by atoms with Crippen molar-refractivity contribution in [1.29, 1.82) is 0 Å². The smallest absolute Gasteiger partial charge is 0.369 e. The second kappa shape index (κ2) is 20.2. The molecule has 5 unspecified atom stereocenters. The van der Waals surface area contributed by atoms with E-state index in [4.69, 9.17) is 0 Å². The number of nitrogens with zero attached hydrogens (tertiary/aromatic N) is 2. The number of ether oxygens (including phenoxy) is 3. The predicted octanol–water partition coefficient (Wildman–Crippen LogP) is 9.26. The first-order valence-corrected chi connectivity index (χ1v) is 15.0. The quantitative estimate of drug-likeness (QED) is 0.129. The summed E-state index contributed by atoms with van der Waals surface area (Å²) in [5, 5.41) is 0. The zero-order chi connectivity index (χ0) is 43.6. The molecule has 0 saturated carbocycles. The van der Waals surface area contributed by atoms with Gasteiger partial charge in [0.05, 0.1) is 6.61 Å². The van der Waals surface area contributed by atoms with Crippen molar-refractivity contribution in [3.63, 3.8) is 0 Å². The lowest BCUT2D eigenvalue weighted by atomic mass is 10.1. The van der Waals surface area contributed by atoms with E-state index in [9.17, 15) is 105 Å². The number of rotatable bonds is 14. The third kappa shape index (κ3) is 19.4. The van der Waals surface area contributed by atoms with Crippen molar-refractivity contribution in [2.45, 2.75) is 106 Å². The average Bonchev–Trinajstić information content (AvgIpc) is 3.01. The van der Waals surface area contributed by atoms with Crippen LogP contribution in [0.2, 0.25) is 0 Å². The summed E-state index contributed by atoms with van der Waals surface area (Å²) >= 11 is 0. The average molecular weight is 877 g/mol. The van der Waals surface area contributed by atoms with Gasteiger partial charge in [0.2, 0.25) is 12.6 Å². The SMILES string of the molecule is CC(F)(F)F.FC(N1CCCCC1)C(F)(F)COCC(F)(F)C(F)C(F)(F)F.FC(N1CCOC(C(F)(F)F)C1)C(F)(F)COCC(F)(F)C(F)C(F)(F)F. The Morgan fingerprint density at radius 3 is 1.16 bits per heavy atom. The summed E-state index contributed by atoms with van der Waals surface area (Å²) < 4.78 is 310. The van der Waals surface area contributed by atoms with E-state index in [1.807, 2.05) is 0 Å². The highest BCUT2D eigenvalue weighted by molar-refractivity contribution is 4.87. The highest BCUT2D eigenvalue weighted by Crippen LogP contribution is 2.38. The van der Waals surface area contributed by atoms with Crippen LogP contribution in [0.5, 0.6) is 0 Å². The van der Waals surface area contributed by atoms with Crippen molar-refractivity contribution in [3.05, 3.63) is 0 Å². The molecule has 55 heavy (non-hydrogen) atoms. The van der Waals surface area contributed by atoms with Crippen molar-refractivity contribution in [3.8, 4) is 0 Å². The fourth-order valence-corrected chi connectivity index (χ4v) is 4.16. The van der Waals surface area contributed by atoms with Gasteiger partial charge in [0.1, 0.15) is 26.4 Å². The Morgan fingerprint density at radius 2 is 0.836 bits per heavy atom. The Kier molecular flexibility index (Phi) is 19.5. The van der Waals surface area contributed by atoms with Crippen molar-refractivity contribution >= 4 is 0 Å². The molecule has 2 aliphatic rings. The molecule has 5 nitrogen and oxygen atoms in total. The van der Waals surface area contributed by atoms with E-state index in [-0.39, 0.29) is 24.9 Å². The normalized spacial score (nSPS) is 21.4. The largest absolute Gasteiger partial charge is 0.425 e. The van der Waals surface area contributed by atoms with Crippen LogP contribution in [0.1, 0.15) is 26.2 Å². The van der Waals surface area contributed by atoms with Crippen LogP contribution in [-0.2, 0) is 14.2 Å². The lowest BCUT2D eigenvalue weighted by Crippen LogP contribution is -2.56. The molecule has 2 aliphatic heterocycles. The highest BCUT2D eigenvalue weighted by atomic mass is 19.4. The van der Waals surface area contributed by atoms with Crippen molar-refractivity contribution in [1.82, 2.24) is 9.80 Å². The van der Waals surface area contributed by atoms with Gasteiger partial charge < -0.3 is 14.2 Å². The molecule has 0 spiro atoms. The summed E-state index contributed by atoms with van der Waals surface area (Å²) in [5.41, 5.74) is 0. The minimum absolute atomic E-state index is 0.0246. The van der Waals surface area contributed by atoms with Crippen molar-refractivity contribution < 1.29 is 120 Å². The van der Waals surface area contributed by atoms with Crippen LogP contribution in [0.4, 0.5) is 105 Å². The molecule has 2 fully saturated rings. The van der Waals surface area contributed by atoms with Gasteiger partial charge >= 0.3 is 48.4 Å². The number of alkyl halides is 24. The van der Waals surface area contributed by atoms with Crippen molar-refractivity contribution in [2.75, 3.05) is 59.2 Å². The molecule has 29 heteroatoms. The first-order valence-electron chi connectivity index (χ1n) is 15.0. The molecule has 2 heterocycles. The lowest BCUT2D eigenvalue weighted by molar-refractivity contribution is -0.268. The zero-order valence-corrected chi connectivity index (χ0v) is 27.6. The molecule has 2 saturated heterocycles. The second-order valence-electron chi connectivity index (χ2n) is 11.8. The van der Waals surface area contributed by atoms with Crippen LogP contribution < -0.4 is 0 Å². The fourth-order valence-electron chi connectivity index (χ4n) is 4.16. The Labute approximate surface area is 295 Å². The molecule has 0 aromatic rings. The van der Waals surface area contributed by atoms with Gasteiger partial charge in [-0.15, -0.1) is 0 Å². The lowest BCUT2D eigenvalue weighted by Gasteiger charge is -2.37. The Hall–Kier alpha value is -1.88. The molecule has 332 valence electrons. The predicted molar refractivity (Wildman–Crippen MR) is 138 cm³/mol. The van der Waals surface area contributed by atoms with Gasteiger partial charge in [-0.1, -0.05) is 6.42 Å². The highest BCUT2D eigenvalue weighted by Gasteiger charge is 2.59. The van der Waals surface area contributed by atoms with E-state index in [1.54, 1.807) is 0 Å². The van der Waals surface area contributed by atoms with Crippen LogP contribution in [0.15, 0.2) is 0 Å². The molecule has 0 bridgehead atoms. The molecule has 0 aromatic carbocycles. The second-order valence-corrected chi connectivity index (χ2v) is 11.8. The van der Waals surface area contributed by atoms with Crippen LogP contribution in [0.25, 0.3) is 0 Å². The standard InChI is InChI=1S/C12H13F12NO2.C12H16F9NO.C2H3F3/c13-7(12(22,23)24)9(15,16)4-26-5-10(17,18)8(14)25-1-2-27-6(3-25)11(19,20)21;13-8(12(19,20)21)10(15,16)6-23-7-11(17,18)9(14)22-4-2-1-3-5-22;1-2(3,4)5/h6-8H,1-5H2;8-9H,1-7H2;1H3. The fraction of sp³-hybridized carbons (Fsp3) is 1.00. The van der Waals surface area contributed by atoms with E-state index in [0.717, 1.165) is 11.3 Å². The number of halogens is 24. The topological polar surface area (TPSA) is 34.2 Å². The maximum absolute atomic E-state index is 13.8. The van der Waals surface area contributed by atoms with Gasteiger partial charge in [-0.05, 0) is 12.8 Å². The van der Waals surface area contributed by atoms with Crippen LogP contribution in [0, 0.1) is 0 Å². The molecular weight excluding hydrogens is 844 g/mol. The van der Waals surface area contributed by atoms with E-state index in [1.165, 1.54) is 0 Å². The summed E-state index contributed by atoms with van der Waals surface area (Å²) in [4.78, 5) is 0.829. The van der Waals surface area contributed by atoms with Gasteiger partial charge in [-0.25, -0.2) is 35.1 Å². The summed E-state index contributed by atoms with van der Waals surface area (Å²) in [6, 6.07) is 0. The monoisotopic (exact) mass is 876 g/mol. The Balaban J connectivity index is 0.000000952. The summed E-state index contributed by atoms with van der Waals surface area (Å²) in [6.07, 6.45) is -37.1. The number of hydrogen-bond acceptors (Lipinski definition) is 5.